The van der Waals surface area contributed by atoms with E-state index in [4.69, 9.17) is 0 Å². The van der Waals surface area contributed by atoms with Crippen molar-refractivity contribution in [3.63, 3.8) is 0 Å². The molecule has 0 unspecified atom stereocenters. The zero-order chi connectivity index (χ0) is 12.5. The number of nitrogens with one attached hydrogen (secondary N) is 2. The Morgan fingerprint density at radius 3 is 2.72 bits per heavy atom. The maximum Gasteiger partial charge on any atom is 0.271 e. The Morgan fingerprint density at radius 1 is 1.28 bits per heavy atom. The monoisotopic (exact) mass is 246 g/mol. The van der Waals surface area contributed by atoms with Crippen LogP contribution in [-0.4, -0.2) is 29.2 Å². The zero-order valence-corrected chi connectivity index (χ0v) is 10.5. The van der Waals surface area contributed by atoms with E-state index in [1.807, 2.05) is 6.07 Å². The van der Waals surface area contributed by atoms with E-state index < -0.39 is 0 Å². The van der Waals surface area contributed by atoms with Crippen LogP contribution in [0.15, 0.2) is 12.1 Å². The van der Waals surface area contributed by atoms with Crippen molar-refractivity contribution in [3.8, 4) is 0 Å². The lowest BCUT2D eigenvalue weighted by Crippen LogP contribution is -2.27. The van der Waals surface area contributed by atoms with Crippen LogP contribution in [0.5, 0.6) is 0 Å². The van der Waals surface area contributed by atoms with Gasteiger partial charge in [0, 0.05) is 13.1 Å². The molecule has 3 rings (SSSR count). The summed E-state index contributed by atoms with van der Waals surface area (Å²) in [6.45, 7) is 0. The van der Waals surface area contributed by atoms with Gasteiger partial charge in [-0.05, 0) is 43.2 Å². The highest BCUT2D eigenvalue weighted by Crippen LogP contribution is 2.45. The molecule has 0 spiro atoms. The molecule has 18 heavy (non-hydrogen) atoms. The van der Waals surface area contributed by atoms with Gasteiger partial charge in [0.2, 0.25) is 0 Å². The molecular formula is C13H18N4O. The Labute approximate surface area is 106 Å². The molecule has 96 valence electrons. The maximum atomic E-state index is 11.3. The number of amides is 1. The summed E-state index contributed by atoms with van der Waals surface area (Å²) >= 11 is 0. The van der Waals surface area contributed by atoms with Crippen LogP contribution in [0.4, 0.5) is 5.82 Å². The highest BCUT2D eigenvalue weighted by molar-refractivity contribution is 5.91. The third-order valence-corrected chi connectivity index (χ3v) is 4.20. The average molecular weight is 246 g/mol. The van der Waals surface area contributed by atoms with Crippen LogP contribution in [0, 0.1) is 11.8 Å². The summed E-state index contributed by atoms with van der Waals surface area (Å²) < 4.78 is 0. The van der Waals surface area contributed by atoms with Crippen molar-refractivity contribution >= 4 is 11.7 Å². The van der Waals surface area contributed by atoms with Crippen molar-refractivity contribution < 1.29 is 4.79 Å². The molecule has 3 atom stereocenters. The summed E-state index contributed by atoms with van der Waals surface area (Å²) in [5.74, 6) is 2.29. The number of hydrogen-bond acceptors (Lipinski definition) is 4. The predicted octanol–water partition coefficient (Wildman–Crippen LogP) is 1.44. The first-order valence-electron chi connectivity index (χ1n) is 6.58. The number of nitrogens with zero attached hydrogens (tertiary/aromatic N) is 2. The Morgan fingerprint density at radius 2 is 2.17 bits per heavy atom. The molecule has 5 heteroatoms. The second kappa shape index (κ2) is 4.55. The number of aromatic nitrogens is 2. The van der Waals surface area contributed by atoms with Gasteiger partial charge in [-0.2, -0.15) is 0 Å². The summed E-state index contributed by atoms with van der Waals surface area (Å²) in [5, 5.41) is 14.0. The molecule has 1 aromatic rings. The van der Waals surface area contributed by atoms with Gasteiger partial charge in [-0.1, -0.05) is 6.42 Å². The van der Waals surface area contributed by atoms with Crippen molar-refractivity contribution in [1.82, 2.24) is 15.5 Å². The fraction of sp³-hybridized carbons (Fsp3) is 0.615. The van der Waals surface area contributed by atoms with Crippen LogP contribution in [0.3, 0.4) is 0 Å². The van der Waals surface area contributed by atoms with Crippen molar-refractivity contribution in [1.29, 1.82) is 0 Å². The standard InChI is InChI=1S/C13H18N4O/c1-14-13(18)10-4-5-12(17-16-10)15-11-7-8-2-3-9(11)6-8/h4-5,8-9,11H,2-3,6-7H2,1H3,(H,14,18)(H,15,17)/t8-,9-,11+/m0/s1. The molecule has 2 aliphatic carbocycles. The molecular weight excluding hydrogens is 228 g/mol. The number of rotatable bonds is 3. The fourth-order valence-corrected chi connectivity index (χ4v) is 3.27. The lowest BCUT2D eigenvalue weighted by molar-refractivity contribution is 0.0957. The third-order valence-electron chi connectivity index (χ3n) is 4.20. The quantitative estimate of drug-likeness (QED) is 0.847. The summed E-state index contributed by atoms with van der Waals surface area (Å²) in [7, 11) is 1.59. The van der Waals surface area contributed by atoms with Gasteiger partial charge in [0.05, 0.1) is 0 Å². The predicted molar refractivity (Wildman–Crippen MR) is 68.3 cm³/mol. The van der Waals surface area contributed by atoms with Crippen LogP contribution in [-0.2, 0) is 0 Å². The Kier molecular flexibility index (Phi) is 2.89. The lowest BCUT2D eigenvalue weighted by Gasteiger charge is -2.23. The molecule has 2 bridgehead atoms. The second-order valence-electron chi connectivity index (χ2n) is 5.31. The summed E-state index contributed by atoms with van der Waals surface area (Å²) in [5.41, 5.74) is 0.357. The van der Waals surface area contributed by atoms with E-state index in [1.165, 1.54) is 25.7 Å². The van der Waals surface area contributed by atoms with Gasteiger partial charge in [0.1, 0.15) is 5.82 Å². The minimum Gasteiger partial charge on any atom is -0.366 e. The molecule has 0 radical (unpaired) electrons. The molecule has 5 nitrogen and oxygen atoms in total. The fourth-order valence-electron chi connectivity index (χ4n) is 3.27. The number of carbonyl (C=O) groups excluding carboxylic acids is 1. The van der Waals surface area contributed by atoms with Gasteiger partial charge >= 0.3 is 0 Å². The number of anilines is 1. The molecule has 2 fully saturated rings. The highest BCUT2D eigenvalue weighted by Gasteiger charge is 2.39. The van der Waals surface area contributed by atoms with Crippen molar-refractivity contribution in [2.45, 2.75) is 31.7 Å². The number of fused-ring (bicyclic) bond motifs is 2. The summed E-state index contributed by atoms with van der Waals surface area (Å²) in [6.07, 6.45) is 5.35. The lowest BCUT2D eigenvalue weighted by atomic mass is 9.95. The molecule has 0 aromatic carbocycles. The Hall–Kier alpha value is -1.65. The molecule has 1 aromatic heterocycles. The van der Waals surface area contributed by atoms with Crippen LogP contribution in [0.25, 0.3) is 0 Å². The van der Waals surface area contributed by atoms with Crippen LogP contribution >= 0.6 is 0 Å². The van der Waals surface area contributed by atoms with Gasteiger partial charge in [0.25, 0.3) is 5.91 Å². The van der Waals surface area contributed by atoms with E-state index in [9.17, 15) is 4.79 Å². The molecule has 0 saturated heterocycles. The second-order valence-corrected chi connectivity index (χ2v) is 5.31. The maximum absolute atomic E-state index is 11.3. The largest absolute Gasteiger partial charge is 0.366 e. The first-order chi connectivity index (χ1) is 8.76. The zero-order valence-electron chi connectivity index (χ0n) is 10.5. The van der Waals surface area contributed by atoms with Gasteiger partial charge in [-0.3, -0.25) is 4.79 Å². The van der Waals surface area contributed by atoms with Gasteiger partial charge < -0.3 is 10.6 Å². The minimum atomic E-state index is -0.200. The van der Waals surface area contributed by atoms with Crippen molar-refractivity contribution in [2.24, 2.45) is 11.8 Å². The molecule has 1 heterocycles. The van der Waals surface area contributed by atoms with E-state index in [2.05, 4.69) is 20.8 Å². The van der Waals surface area contributed by atoms with E-state index >= 15 is 0 Å². The molecule has 1 amide bonds. The Balaban J connectivity index is 1.65. The van der Waals surface area contributed by atoms with Crippen LogP contribution in [0.2, 0.25) is 0 Å². The number of carbonyl (C=O) groups is 1. The topological polar surface area (TPSA) is 66.9 Å². The first kappa shape index (κ1) is 11.4. The SMILES string of the molecule is CNC(=O)c1ccc(N[C@@H]2C[C@H]3CC[C@H]2C3)nn1. The first-order valence-corrected chi connectivity index (χ1v) is 6.58. The summed E-state index contributed by atoms with van der Waals surface area (Å²) in [6, 6.07) is 4.09. The average Bonchev–Trinajstić information content (AvgIpc) is 3.01. The van der Waals surface area contributed by atoms with Crippen LogP contribution in [0.1, 0.15) is 36.2 Å². The van der Waals surface area contributed by atoms with Gasteiger partial charge in [0.15, 0.2) is 5.69 Å². The molecule has 2 N–H and O–H groups in total. The van der Waals surface area contributed by atoms with Gasteiger partial charge in [-0.15, -0.1) is 10.2 Å². The van der Waals surface area contributed by atoms with Gasteiger partial charge in [-0.25, -0.2) is 0 Å². The van der Waals surface area contributed by atoms with E-state index in [1.54, 1.807) is 13.1 Å². The van der Waals surface area contributed by atoms with Crippen LogP contribution < -0.4 is 10.6 Å². The Bertz CT molecular complexity index is 445. The number of hydrogen-bond donors (Lipinski definition) is 2. The normalized spacial score (nSPS) is 29.3. The van der Waals surface area contributed by atoms with Crippen molar-refractivity contribution in [2.75, 3.05) is 12.4 Å². The van der Waals surface area contributed by atoms with E-state index in [-0.39, 0.29) is 5.91 Å². The third kappa shape index (κ3) is 2.05. The molecule has 2 saturated carbocycles. The van der Waals surface area contributed by atoms with E-state index in [0.717, 1.165) is 17.7 Å². The molecule has 2 aliphatic rings. The molecule has 0 aliphatic heterocycles. The summed E-state index contributed by atoms with van der Waals surface area (Å²) in [4.78, 5) is 11.3. The minimum absolute atomic E-state index is 0.200. The van der Waals surface area contributed by atoms with E-state index in [0.29, 0.717) is 11.7 Å². The van der Waals surface area contributed by atoms with Crippen molar-refractivity contribution in [3.05, 3.63) is 17.8 Å². The smallest absolute Gasteiger partial charge is 0.271 e. The highest BCUT2D eigenvalue weighted by atomic mass is 16.1.